The van der Waals surface area contributed by atoms with E-state index in [1.54, 1.807) is 17.4 Å². The molecule has 0 aliphatic carbocycles. The normalized spacial score (nSPS) is 26.1. The van der Waals surface area contributed by atoms with E-state index in [1.807, 2.05) is 28.6 Å². The van der Waals surface area contributed by atoms with Gasteiger partial charge in [0.15, 0.2) is 0 Å². The standard InChI is InChI=1S/C20H22FN3OS/c1-2-9-24-10-7-20(19(24)25)14-23(12-15-3-5-16(21)6-4-15)13-17(20)18-22-8-11-26-18/h2-6,8,11,17H,1,7,9-10,12-14H2. The number of hydrogen-bond acceptors (Lipinski definition) is 4. The molecule has 0 bridgehead atoms. The molecule has 26 heavy (non-hydrogen) atoms. The second kappa shape index (κ2) is 6.93. The molecule has 3 heterocycles. The van der Waals surface area contributed by atoms with Crippen LogP contribution in [0.3, 0.4) is 0 Å². The molecule has 2 aromatic rings. The highest BCUT2D eigenvalue weighted by molar-refractivity contribution is 7.09. The molecule has 0 radical (unpaired) electrons. The number of carbonyl (C=O) groups is 1. The Balaban J connectivity index is 1.60. The van der Waals surface area contributed by atoms with Crippen molar-refractivity contribution in [3.63, 3.8) is 0 Å². The molecule has 4 rings (SSSR count). The quantitative estimate of drug-likeness (QED) is 0.757. The topological polar surface area (TPSA) is 36.4 Å². The van der Waals surface area contributed by atoms with E-state index in [-0.39, 0.29) is 17.6 Å². The monoisotopic (exact) mass is 371 g/mol. The molecule has 1 amide bonds. The number of carbonyl (C=O) groups excluding carboxylic acids is 1. The Morgan fingerprint density at radius 1 is 1.38 bits per heavy atom. The van der Waals surface area contributed by atoms with Crippen LogP contribution in [0.4, 0.5) is 4.39 Å². The van der Waals surface area contributed by atoms with Gasteiger partial charge in [-0.1, -0.05) is 18.2 Å². The fraction of sp³-hybridized carbons (Fsp3) is 0.400. The molecule has 0 N–H and O–H groups in total. The summed E-state index contributed by atoms with van der Waals surface area (Å²) in [6, 6.07) is 6.62. The lowest BCUT2D eigenvalue weighted by atomic mass is 9.77. The van der Waals surface area contributed by atoms with Gasteiger partial charge < -0.3 is 4.90 Å². The number of rotatable bonds is 5. The number of benzene rings is 1. The van der Waals surface area contributed by atoms with E-state index >= 15 is 0 Å². The second-order valence-corrected chi connectivity index (χ2v) is 8.09. The van der Waals surface area contributed by atoms with Crippen molar-refractivity contribution in [2.45, 2.75) is 18.9 Å². The first-order valence-corrected chi connectivity index (χ1v) is 9.77. The third-order valence-corrected chi connectivity index (χ3v) is 6.46. The maximum Gasteiger partial charge on any atom is 0.231 e. The highest BCUT2D eigenvalue weighted by Gasteiger charge is 2.57. The van der Waals surface area contributed by atoms with Crippen molar-refractivity contribution in [1.82, 2.24) is 14.8 Å². The van der Waals surface area contributed by atoms with Gasteiger partial charge >= 0.3 is 0 Å². The Labute approximate surface area is 157 Å². The first-order valence-electron chi connectivity index (χ1n) is 8.89. The van der Waals surface area contributed by atoms with Crippen LogP contribution in [0, 0.1) is 11.2 Å². The fourth-order valence-electron chi connectivity index (χ4n) is 4.35. The van der Waals surface area contributed by atoms with E-state index in [0.29, 0.717) is 6.54 Å². The van der Waals surface area contributed by atoms with E-state index in [4.69, 9.17) is 0 Å². The van der Waals surface area contributed by atoms with E-state index in [2.05, 4.69) is 16.5 Å². The summed E-state index contributed by atoms with van der Waals surface area (Å²) < 4.78 is 13.2. The first-order chi connectivity index (χ1) is 12.6. The largest absolute Gasteiger partial charge is 0.338 e. The smallest absolute Gasteiger partial charge is 0.231 e. The van der Waals surface area contributed by atoms with Crippen molar-refractivity contribution >= 4 is 17.2 Å². The number of thiazole rings is 1. The van der Waals surface area contributed by atoms with Crippen LogP contribution >= 0.6 is 11.3 Å². The summed E-state index contributed by atoms with van der Waals surface area (Å²) in [5, 5.41) is 3.02. The van der Waals surface area contributed by atoms with Gasteiger partial charge in [0.25, 0.3) is 0 Å². The van der Waals surface area contributed by atoms with Crippen LogP contribution in [0.1, 0.15) is 22.9 Å². The van der Waals surface area contributed by atoms with Gasteiger partial charge in [-0.25, -0.2) is 9.37 Å². The summed E-state index contributed by atoms with van der Waals surface area (Å²) in [4.78, 5) is 22.0. The third-order valence-electron chi connectivity index (χ3n) is 5.57. The van der Waals surface area contributed by atoms with E-state index in [0.717, 1.165) is 43.2 Å². The molecule has 0 saturated carbocycles. The number of halogens is 1. The van der Waals surface area contributed by atoms with Crippen molar-refractivity contribution in [2.24, 2.45) is 5.41 Å². The van der Waals surface area contributed by atoms with Crippen LogP contribution in [0.5, 0.6) is 0 Å². The number of aromatic nitrogens is 1. The Hall–Kier alpha value is -2.05. The molecule has 2 aliphatic heterocycles. The summed E-state index contributed by atoms with van der Waals surface area (Å²) >= 11 is 1.63. The Morgan fingerprint density at radius 3 is 2.88 bits per heavy atom. The molecule has 2 unspecified atom stereocenters. The molecule has 1 aromatic heterocycles. The summed E-state index contributed by atoms with van der Waals surface area (Å²) in [5.41, 5.74) is 0.663. The molecule has 4 nitrogen and oxygen atoms in total. The van der Waals surface area contributed by atoms with Gasteiger partial charge in [-0.05, 0) is 24.1 Å². The van der Waals surface area contributed by atoms with Crippen molar-refractivity contribution in [2.75, 3.05) is 26.2 Å². The SMILES string of the molecule is C=CCN1CCC2(CN(Cc3ccc(F)cc3)CC2c2nccs2)C1=O. The molecule has 2 aliphatic rings. The zero-order valence-electron chi connectivity index (χ0n) is 14.6. The lowest BCUT2D eigenvalue weighted by molar-refractivity contribution is -0.135. The number of likely N-dealkylation sites (tertiary alicyclic amines) is 2. The zero-order chi connectivity index (χ0) is 18.1. The van der Waals surface area contributed by atoms with Crippen LogP contribution in [-0.2, 0) is 11.3 Å². The molecule has 6 heteroatoms. The van der Waals surface area contributed by atoms with Crippen molar-refractivity contribution < 1.29 is 9.18 Å². The second-order valence-electron chi connectivity index (χ2n) is 7.16. The average Bonchev–Trinajstić information content (AvgIpc) is 3.34. The number of nitrogens with zero attached hydrogens (tertiary/aromatic N) is 3. The lowest BCUT2D eigenvalue weighted by Crippen LogP contribution is -2.39. The van der Waals surface area contributed by atoms with Gasteiger partial charge in [0, 0.05) is 50.2 Å². The van der Waals surface area contributed by atoms with Crippen LogP contribution in [0.2, 0.25) is 0 Å². The van der Waals surface area contributed by atoms with Gasteiger partial charge in [0.1, 0.15) is 5.82 Å². The van der Waals surface area contributed by atoms with Gasteiger partial charge in [-0.15, -0.1) is 17.9 Å². The lowest BCUT2D eigenvalue weighted by Gasteiger charge is -2.27. The van der Waals surface area contributed by atoms with Gasteiger partial charge in [-0.2, -0.15) is 0 Å². The van der Waals surface area contributed by atoms with E-state index in [9.17, 15) is 9.18 Å². The number of hydrogen-bond donors (Lipinski definition) is 0. The Kier molecular flexibility index (Phi) is 4.63. The van der Waals surface area contributed by atoms with Crippen molar-refractivity contribution in [3.05, 3.63) is 64.9 Å². The molecule has 2 fully saturated rings. The first kappa shape index (κ1) is 17.4. The van der Waals surface area contributed by atoms with E-state index < -0.39 is 5.41 Å². The van der Waals surface area contributed by atoms with Gasteiger partial charge in [-0.3, -0.25) is 9.69 Å². The van der Waals surface area contributed by atoms with E-state index in [1.165, 1.54) is 12.1 Å². The Morgan fingerprint density at radius 2 is 2.19 bits per heavy atom. The predicted molar refractivity (Wildman–Crippen MR) is 100 cm³/mol. The molecule has 136 valence electrons. The summed E-state index contributed by atoms with van der Waals surface area (Å²) in [7, 11) is 0. The maximum absolute atomic E-state index is 13.2. The Bertz CT molecular complexity index is 792. The minimum Gasteiger partial charge on any atom is -0.338 e. The molecular formula is C20H22FN3OS. The minimum atomic E-state index is -0.402. The van der Waals surface area contributed by atoms with Crippen LogP contribution in [0.25, 0.3) is 0 Å². The summed E-state index contributed by atoms with van der Waals surface area (Å²) in [6.07, 6.45) is 4.46. The van der Waals surface area contributed by atoms with Crippen LogP contribution < -0.4 is 0 Å². The van der Waals surface area contributed by atoms with Crippen molar-refractivity contribution in [1.29, 1.82) is 0 Å². The average molecular weight is 371 g/mol. The summed E-state index contributed by atoms with van der Waals surface area (Å²) in [5.74, 6) is 0.114. The molecule has 1 spiro atoms. The van der Waals surface area contributed by atoms with Crippen molar-refractivity contribution in [3.8, 4) is 0 Å². The zero-order valence-corrected chi connectivity index (χ0v) is 15.4. The highest BCUT2D eigenvalue weighted by Crippen LogP contribution is 2.50. The highest BCUT2D eigenvalue weighted by atomic mass is 32.1. The molecular weight excluding hydrogens is 349 g/mol. The van der Waals surface area contributed by atoms with Crippen LogP contribution in [-0.4, -0.2) is 46.9 Å². The third kappa shape index (κ3) is 2.97. The van der Waals surface area contributed by atoms with Gasteiger partial charge in [0.2, 0.25) is 5.91 Å². The van der Waals surface area contributed by atoms with Gasteiger partial charge in [0.05, 0.1) is 10.4 Å². The summed E-state index contributed by atoms with van der Waals surface area (Å²) in [6.45, 7) is 7.40. The molecule has 2 atom stereocenters. The van der Waals surface area contributed by atoms with Crippen LogP contribution in [0.15, 0.2) is 48.5 Å². The number of amides is 1. The predicted octanol–water partition coefficient (Wildman–Crippen LogP) is 3.29. The minimum absolute atomic E-state index is 0.116. The fourth-order valence-corrected chi connectivity index (χ4v) is 5.20. The molecule has 2 saturated heterocycles. The molecule has 1 aromatic carbocycles. The maximum atomic E-state index is 13.2.